The highest BCUT2D eigenvalue weighted by molar-refractivity contribution is 5.79. The zero-order valence-corrected chi connectivity index (χ0v) is 10.4. The smallest absolute Gasteiger partial charge is 0.225 e. The van der Waals surface area contributed by atoms with Gasteiger partial charge in [-0.15, -0.1) is 6.58 Å². The minimum absolute atomic E-state index is 0.0343. The van der Waals surface area contributed by atoms with Crippen molar-refractivity contribution in [3.63, 3.8) is 0 Å². The van der Waals surface area contributed by atoms with Crippen LogP contribution >= 0.6 is 0 Å². The number of rotatable bonds is 5. The van der Waals surface area contributed by atoms with Crippen LogP contribution in [0.15, 0.2) is 43.0 Å². The van der Waals surface area contributed by atoms with Gasteiger partial charge in [0.15, 0.2) is 0 Å². The van der Waals surface area contributed by atoms with E-state index in [0.717, 1.165) is 5.56 Å². The fraction of sp³-hybridized carbons (Fsp3) is 0.357. The van der Waals surface area contributed by atoms with E-state index in [9.17, 15) is 4.79 Å². The van der Waals surface area contributed by atoms with Crippen LogP contribution in [0.5, 0.6) is 0 Å². The average molecular weight is 232 g/mol. The van der Waals surface area contributed by atoms with E-state index in [4.69, 9.17) is 5.73 Å². The third-order valence-electron chi connectivity index (χ3n) is 2.86. The van der Waals surface area contributed by atoms with Crippen molar-refractivity contribution < 1.29 is 4.79 Å². The normalized spacial score (nSPS) is 15.7. The van der Waals surface area contributed by atoms with E-state index < -0.39 is 0 Å². The molecule has 0 heterocycles. The van der Waals surface area contributed by atoms with Crippen LogP contribution < -0.4 is 11.1 Å². The van der Waals surface area contributed by atoms with Gasteiger partial charge in [-0.25, -0.2) is 0 Å². The first-order valence-corrected chi connectivity index (χ1v) is 5.79. The molecule has 1 rings (SSSR count). The summed E-state index contributed by atoms with van der Waals surface area (Å²) in [5.41, 5.74) is 7.04. The summed E-state index contributed by atoms with van der Waals surface area (Å²) in [6.07, 6.45) is 1.69. The standard InChI is InChI=1S/C14H20N2O/c1-4-10(2)16-14(17)11(3)13(15)12-8-6-5-7-9-12/h4-11,13H,1,15H2,2-3H3,(H,16,17). The van der Waals surface area contributed by atoms with Gasteiger partial charge in [0.2, 0.25) is 5.91 Å². The first-order chi connectivity index (χ1) is 8.06. The summed E-state index contributed by atoms with van der Waals surface area (Å²) in [7, 11) is 0. The number of benzene rings is 1. The summed E-state index contributed by atoms with van der Waals surface area (Å²) in [5.74, 6) is -0.312. The third-order valence-corrected chi connectivity index (χ3v) is 2.86. The van der Waals surface area contributed by atoms with Crippen LogP contribution in [0.3, 0.4) is 0 Å². The molecule has 0 spiro atoms. The lowest BCUT2D eigenvalue weighted by Gasteiger charge is -2.21. The Morgan fingerprint density at radius 1 is 1.35 bits per heavy atom. The van der Waals surface area contributed by atoms with Gasteiger partial charge < -0.3 is 11.1 Å². The molecule has 3 unspecified atom stereocenters. The highest BCUT2D eigenvalue weighted by Crippen LogP contribution is 2.19. The number of carbonyl (C=O) groups excluding carboxylic acids is 1. The van der Waals surface area contributed by atoms with Crippen LogP contribution in [0.1, 0.15) is 25.5 Å². The van der Waals surface area contributed by atoms with E-state index in [2.05, 4.69) is 11.9 Å². The summed E-state index contributed by atoms with van der Waals surface area (Å²) in [4.78, 5) is 11.9. The van der Waals surface area contributed by atoms with Gasteiger partial charge >= 0.3 is 0 Å². The molecular formula is C14H20N2O. The largest absolute Gasteiger partial charge is 0.350 e. The van der Waals surface area contributed by atoms with Crippen molar-refractivity contribution in [2.75, 3.05) is 0 Å². The lowest BCUT2D eigenvalue weighted by Crippen LogP contribution is -2.39. The van der Waals surface area contributed by atoms with Crippen LogP contribution in [0.2, 0.25) is 0 Å². The third kappa shape index (κ3) is 3.71. The van der Waals surface area contributed by atoms with Crippen molar-refractivity contribution >= 4 is 5.91 Å². The zero-order valence-electron chi connectivity index (χ0n) is 10.4. The highest BCUT2D eigenvalue weighted by atomic mass is 16.1. The molecule has 0 aliphatic heterocycles. The molecule has 1 aromatic carbocycles. The molecule has 17 heavy (non-hydrogen) atoms. The maximum absolute atomic E-state index is 11.9. The topological polar surface area (TPSA) is 55.1 Å². The van der Waals surface area contributed by atoms with Crippen molar-refractivity contribution in [1.29, 1.82) is 0 Å². The molecule has 0 saturated heterocycles. The van der Waals surface area contributed by atoms with Crippen molar-refractivity contribution in [3.05, 3.63) is 48.6 Å². The van der Waals surface area contributed by atoms with Gasteiger partial charge in [0, 0.05) is 12.1 Å². The van der Waals surface area contributed by atoms with Crippen molar-refractivity contribution in [2.45, 2.75) is 25.9 Å². The Morgan fingerprint density at radius 3 is 2.47 bits per heavy atom. The molecule has 0 saturated carbocycles. The van der Waals surface area contributed by atoms with Gasteiger partial charge in [-0.1, -0.05) is 43.3 Å². The van der Waals surface area contributed by atoms with Crippen molar-refractivity contribution in [1.82, 2.24) is 5.32 Å². The number of amides is 1. The molecule has 3 N–H and O–H groups in total. The molecule has 92 valence electrons. The molecule has 0 bridgehead atoms. The fourth-order valence-electron chi connectivity index (χ4n) is 1.54. The van der Waals surface area contributed by atoms with E-state index >= 15 is 0 Å². The number of nitrogens with two attached hydrogens (primary N) is 1. The maximum atomic E-state index is 11.9. The van der Waals surface area contributed by atoms with E-state index in [1.807, 2.05) is 44.2 Å². The monoisotopic (exact) mass is 232 g/mol. The molecule has 0 aliphatic rings. The molecule has 1 aromatic rings. The highest BCUT2D eigenvalue weighted by Gasteiger charge is 2.22. The Kier molecular flexibility index (Phi) is 4.91. The number of hydrogen-bond donors (Lipinski definition) is 2. The number of nitrogens with one attached hydrogen (secondary N) is 1. The minimum atomic E-state index is -0.284. The summed E-state index contributed by atoms with van der Waals surface area (Å²) >= 11 is 0. The summed E-state index contributed by atoms with van der Waals surface area (Å²) in [6, 6.07) is 9.33. The van der Waals surface area contributed by atoms with E-state index in [-0.39, 0.29) is 23.9 Å². The quantitative estimate of drug-likeness (QED) is 0.763. The Bertz CT molecular complexity index is 375. The molecule has 3 heteroatoms. The van der Waals surface area contributed by atoms with Crippen molar-refractivity contribution in [3.8, 4) is 0 Å². The Hall–Kier alpha value is -1.61. The summed E-state index contributed by atoms with van der Waals surface area (Å²) in [5, 5.41) is 2.84. The molecule has 0 fully saturated rings. The van der Waals surface area contributed by atoms with Crippen LogP contribution in [-0.4, -0.2) is 11.9 Å². The number of hydrogen-bond acceptors (Lipinski definition) is 2. The second kappa shape index (κ2) is 6.21. The number of carbonyl (C=O) groups is 1. The zero-order chi connectivity index (χ0) is 12.8. The molecular weight excluding hydrogens is 212 g/mol. The van der Waals surface area contributed by atoms with Gasteiger partial charge in [0.1, 0.15) is 0 Å². The van der Waals surface area contributed by atoms with Gasteiger partial charge in [-0.3, -0.25) is 4.79 Å². The molecule has 0 radical (unpaired) electrons. The Balaban J connectivity index is 2.66. The average Bonchev–Trinajstić information content (AvgIpc) is 2.37. The molecule has 0 aromatic heterocycles. The predicted octanol–water partition coefficient (Wildman–Crippen LogP) is 2.01. The summed E-state index contributed by atoms with van der Waals surface area (Å²) in [6.45, 7) is 7.35. The van der Waals surface area contributed by atoms with Crippen LogP contribution in [0, 0.1) is 5.92 Å². The molecule has 3 nitrogen and oxygen atoms in total. The Morgan fingerprint density at radius 2 is 1.94 bits per heavy atom. The van der Waals surface area contributed by atoms with Crippen LogP contribution in [0.25, 0.3) is 0 Å². The fourth-order valence-corrected chi connectivity index (χ4v) is 1.54. The van der Waals surface area contributed by atoms with E-state index in [1.54, 1.807) is 6.08 Å². The van der Waals surface area contributed by atoms with E-state index in [1.165, 1.54) is 0 Å². The molecule has 3 atom stereocenters. The van der Waals surface area contributed by atoms with Gasteiger partial charge in [0.05, 0.1) is 5.92 Å². The molecule has 0 aliphatic carbocycles. The second-order valence-corrected chi connectivity index (χ2v) is 4.26. The van der Waals surface area contributed by atoms with Gasteiger partial charge in [-0.05, 0) is 12.5 Å². The van der Waals surface area contributed by atoms with Crippen molar-refractivity contribution in [2.24, 2.45) is 11.7 Å². The lowest BCUT2D eigenvalue weighted by molar-refractivity contribution is -0.125. The first-order valence-electron chi connectivity index (χ1n) is 5.79. The van der Waals surface area contributed by atoms with Gasteiger partial charge in [-0.2, -0.15) is 0 Å². The Labute approximate surface area is 103 Å². The predicted molar refractivity (Wildman–Crippen MR) is 70.3 cm³/mol. The van der Waals surface area contributed by atoms with Crippen LogP contribution in [0.4, 0.5) is 0 Å². The lowest BCUT2D eigenvalue weighted by atomic mass is 9.94. The first kappa shape index (κ1) is 13.5. The molecule has 1 amide bonds. The second-order valence-electron chi connectivity index (χ2n) is 4.26. The minimum Gasteiger partial charge on any atom is -0.350 e. The van der Waals surface area contributed by atoms with E-state index in [0.29, 0.717) is 0 Å². The van der Waals surface area contributed by atoms with Crippen LogP contribution in [-0.2, 0) is 4.79 Å². The maximum Gasteiger partial charge on any atom is 0.225 e. The summed E-state index contributed by atoms with van der Waals surface area (Å²) < 4.78 is 0. The SMILES string of the molecule is C=CC(C)NC(=O)C(C)C(N)c1ccccc1. The van der Waals surface area contributed by atoms with Gasteiger partial charge in [0.25, 0.3) is 0 Å².